The monoisotopic (exact) mass is 167 g/mol. The van der Waals surface area contributed by atoms with Crippen LogP contribution in [0.25, 0.3) is 0 Å². The van der Waals surface area contributed by atoms with Crippen molar-refractivity contribution in [3.8, 4) is 0 Å². The maximum Gasteiger partial charge on any atom is 0.0135 e. The van der Waals surface area contributed by atoms with E-state index in [9.17, 15) is 0 Å². The van der Waals surface area contributed by atoms with Gasteiger partial charge < -0.3 is 5.32 Å². The maximum atomic E-state index is 3.96. The summed E-state index contributed by atoms with van der Waals surface area (Å²) in [6.45, 7) is 10.8. The summed E-state index contributed by atoms with van der Waals surface area (Å²) in [5.74, 6) is 0.860. The van der Waals surface area contributed by atoms with Gasteiger partial charge in [-0.25, -0.2) is 0 Å². The molecule has 12 heavy (non-hydrogen) atoms. The highest BCUT2D eigenvalue weighted by molar-refractivity contribution is 5.05. The van der Waals surface area contributed by atoms with Crippen molar-refractivity contribution in [1.29, 1.82) is 0 Å². The average Bonchev–Trinajstić information content (AvgIpc) is 2.54. The average molecular weight is 167 g/mol. The number of hydrogen-bond acceptors (Lipinski definition) is 1. The fourth-order valence-corrected chi connectivity index (χ4v) is 2.02. The topological polar surface area (TPSA) is 12.0 Å². The number of hydrogen-bond donors (Lipinski definition) is 1. The normalized spacial score (nSPS) is 28.2. The molecule has 0 bridgehead atoms. The minimum Gasteiger partial charge on any atom is -0.316 e. The van der Waals surface area contributed by atoms with Crippen LogP contribution < -0.4 is 5.32 Å². The van der Waals surface area contributed by atoms with Crippen LogP contribution in [0.15, 0.2) is 12.2 Å². The summed E-state index contributed by atoms with van der Waals surface area (Å²) in [6, 6.07) is 0.650. The molecule has 2 atom stereocenters. The molecule has 1 nitrogen and oxygen atoms in total. The fraction of sp³-hybridized carbons (Fsp3) is 0.818. The molecule has 0 aromatic rings. The Labute approximate surface area is 76.2 Å². The lowest BCUT2D eigenvalue weighted by atomic mass is 9.99. The summed E-state index contributed by atoms with van der Waals surface area (Å²) in [5, 5.41) is 3.39. The van der Waals surface area contributed by atoms with Gasteiger partial charge in [0.15, 0.2) is 0 Å². The molecule has 1 saturated carbocycles. The highest BCUT2D eigenvalue weighted by Gasteiger charge is 2.49. The molecule has 0 spiro atoms. The Morgan fingerprint density at radius 3 is 2.42 bits per heavy atom. The Kier molecular flexibility index (Phi) is 2.62. The fourth-order valence-electron chi connectivity index (χ4n) is 2.02. The van der Waals surface area contributed by atoms with Gasteiger partial charge in [-0.1, -0.05) is 19.4 Å². The third kappa shape index (κ3) is 2.10. The lowest BCUT2D eigenvalue weighted by molar-refractivity contribution is 0.425. The first-order valence-electron chi connectivity index (χ1n) is 4.79. The molecule has 0 heterocycles. The van der Waals surface area contributed by atoms with Crippen molar-refractivity contribution >= 4 is 0 Å². The van der Waals surface area contributed by atoms with Crippen molar-refractivity contribution in [2.45, 2.75) is 39.7 Å². The van der Waals surface area contributed by atoms with Crippen LogP contribution in [0.4, 0.5) is 0 Å². The maximum absolute atomic E-state index is 3.96. The van der Waals surface area contributed by atoms with Gasteiger partial charge in [-0.05, 0) is 38.1 Å². The Morgan fingerprint density at radius 1 is 1.67 bits per heavy atom. The first-order valence-corrected chi connectivity index (χ1v) is 4.79. The Bertz CT molecular complexity index is 181. The minimum atomic E-state index is 0.573. The smallest absolute Gasteiger partial charge is 0.0135 e. The van der Waals surface area contributed by atoms with Gasteiger partial charge in [0.2, 0.25) is 0 Å². The van der Waals surface area contributed by atoms with Gasteiger partial charge in [0.1, 0.15) is 0 Å². The van der Waals surface area contributed by atoms with Crippen LogP contribution in [0.1, 0.15) is 33.6 Å². The van der Waals surface area contributed by atoms with Crippen LogP contribution in [0.5, 0.6) is 0 Å². The van der Waals surface area contributed by atoms with E-state index in [0.29, 0.717) is 11.5 Å². The molecule has 1 heteroatoms. The SMILES string of the molecule is C=C(C)CC(NC)C1CC1(C)C. The van der Waals surface area contributed by atoms with Crippen molar-refractivity contribution in [2.24, 2.45) is 11.3 Å². The summed E-state index contributed by atoms with van der Waals surface area (Å²) in [4.78, 5) is 0. The van der Waals surface area contributed by atoms with E-state index in [1.54, 1.807) is 0 Å². The largest absolute Gasteiger partial charge is 0.316 e. The van der Waals surface area contributed by atoms with Crippen molar-refractivity contribution in [2.75, 3.05) is 7.05 Å². The third-order valence-corrected chi connectivity index (χ3v) is 3.01. The van der Waals surface area contributed by atoms with E-state index in [4.69, 9.17) is 0 Å². The van der Waals surface area contributed by atoms with E-state index in [-0.39, 0.29) is 0 Å². The van der Waals surface area contributed by atoms with Gasteiger partial charge in [-0.15, -0.1) is 6.58 Å². The van der Waals surface area contributed by atoms with Gasteiger partial charge in [0, 0.05) is 6.04 Å². The highest BCUT2D eigenvalue weighted by atomic mass is 14.9. The molecule has 70 valence electrons. The second-order valence-electron chi connectivity index (χ2n) is 4.86. The van der Waals surface area contributed by atoms with Gasteiger partial charge in [-0.3, -0.25) is 0 Å². The zero-order valence-electron chi connectivity index (χ0n) is 8.78. The first kappa shape index (κ1) is 9.79. The molecule has 0 aromatic carbocycles. The predicted molar refractivity (Wildman–Crippen MR) is 54.2 cm³/mol. The van der Waals surface area contributed by atoms with Crippen LogP contribution in [0.2, 0.25) is 0 Å². The van der Waals surface area contributed by atoms with Gasteiger partial charge in [0.05, 0.1) is 0 Å². The summed E-state index contributed by atoms with van der Waals surface area (Å²) in [5.41, 5.74) is 1.86. The molecule has 2 unspecified atom stereocenters. The van der Waals surface area contributed by atoms with Crippen LogP contribution >= 0.6 is 0 Å². The summed E-state index contributed by atoms with van der Waals surface area (Å²) >= 11 is 0. The summed E-state index contributed by atoms with van der Waals surface area (Å²) < 4.78 is 0. The van der Waals surface area contributed by atoms with Gasteiger partial charge in [0.25, 0.3) is 0 Å². The molecule has 0 aromatic heterocycles. The van der Waals surface area contributed by atoms with E-state index >= 15 is 0 Å². The molecule has 1 aliphatic rings. The Balaban J connectivity index is 2.43. The molecule has 0 radical (unpaired) electrons. The van der Waals surface area contributed by atoms with Gasteiger partial charge in [-0.2, -0.15) is 0 Å². The van der Waals surface area contributed by atoms with E-state index in [1.807, 2.05) is 0 Å². The van der Waals surface area contributed by atoms with Crippen molar-refractivity contribution < 1.29 is 0 Å². The second-order valence-corrected chi connectivity index (χ2v) is 4.86. The molecule has 0 amide bonds. The molecular formula is C11H21N. The molecule has 0 saturated heterocycles. The Hall–Kier alpha value is -0.300. The standard InChI is InChI=1S/C11H21N/c1-8(2)6-10(12-5)9-7-11(9,3)4/h9-10,12H,1,6-7H2,2-5H3. The molecule has 1 rings (SSSR count). The van der Waals surface area contributed by atoms with Crippen molar-refractivity contribution in [1.82, 2.24) is 5.32 Å². The molecule has 0 aliphatic heterocycles. The quantitative estimate of drug-likeness (QED) is 0.635. The third-order valence-electron chi connectivity index (χ3n) is 3.01. The van der Waals surface area contributed by atoms with E-state index in [0.717, 1.165) is 12.3 Å². The molecule has 1 aliphatic carbocycles. The lowest BCUT2D eigenvalue weighted by Crippen LogP contribution is -2.29. The molecule has 1 N–H and O–H groups in total. The zero-order valence-corrected chi connectivity index (χ0v) is 8.78. The minimum absolute atomic E-state index is 0.573. The highest BCUT2D eigenvalue weighted by Crippen LogP contribution is 2.54. The first-order chi connectivity index (χ1) is 5.47. The van der Waals surface area contributed by atoms with Crippen LogP contribution in [0, 0.1) is 11.3 Å². The zero-order chi connectivity index (χ0) is 9.35. The lowest BCUT2D eigenvalue weighted by Gasteiger charge is -2.17. The predicted octanol–water partition coefficient (Wildman–Crippen LogP) is 2.59. The van der Waals surface area contributed by atoms with E-state index in [1.165, 1.54) is 12.0 Å². The van der Waals surface area contributed by atoms with E-state index in [2.05, 4.69) is 39.7 Å². The van der Waals surface area contributed by atoms with Crippen LogP contribution in [-0.4, -0.2) is 13.1 Å². The molecular weight excluding hydrogens is 146 g/mol. The second kappa shape index (κ2) is 3.21. The van der Waals surface area contributed by atoms with Crippen molar-refractivity contribution in [3.63, 3.8) is 0 Å². The number of nitrogens with one attached hydrogen (secondary N) is 1. The summed E-state index contributed by atoms with van der Waals surface area (Å²) in [6.07, 6.45) is 2.50. The van der Waals surface area contributed by atoms with Gasteiger partial charge >= 0.3 is 0 Å². The number of rotatable bonds is 4. The van der Waals surface area contributed by atoms with Crippen molar-refractivity contribution in [3.05, 3.63) is 12.2 Å². The van der Waals surface area contributed by atoms with Crippen LogP contribution in [-0.2, 0) is 0 Å². The summed E-state index contributed by atoms with van der Waals surface area (Å²) in [7, 11) is 2.06. The van der Waals surface area contributed by atoms with E-state index < -0.39 is 0 Å². The Morgan fingerprint density at radius 2 is 2.17 bits per heavy atom. The van der Waals surface area contributed by atoms with Crippen LogP contribution in [0.3, 0.4) is 0 Å². The molecule has 1 fully saturated rings.